The minimum Gasteiger partial charge on any atom is -0.507 e. The third-order valence-corrected chi connectivity index (χ3v) is 5.93. The number of hydrogen-bond acceptors (Lipinski definition) is 5. The van der Waals surface area contributed by atoms with Gasteiger partial charge in [-0.1, -0.05) is 47.5 Å². The number of ketones is 1. The van der Waals surface area contributed by atoms with E-state index >= 15 is 0 Å². The lowest BCUT2D eigenvalue weighted by atomic mass is 9.94. The van der Waals surface area contributed by atoms with E-state index in [-0.39, 0.29) is 11.3 Å². The summed E-state index contributed by atoms with van der Waals surface area (Å²) in [6.07, 6.45) is 0. The molecule has 166 valence electrons. The molecule has 3 aromatic carbocycles. The number of aliphatic hydroxyl groups is 1. The average Bonchev–Trinajstić information content (AvgIpc) is 3.09. The molecule has 6 nitrogen and oxygen atoms in total. The fourth-order valence-electron chi connectivity index (χ4n) is 4.31. The van der Waals surface area contributed by atoms with Crippen LogP contribution < -0.4 is 14.4 Å². The Hall–Kier alpha value is -4.06. The van der Waals surface area contributed by atoms with E-state index < -0.39 is 17.7 Å². The third kappa shape index (κ3) is 3.63. The highest BCUT2D eigenvalue weighted by molar-refractivity contribution is 6.51. The summed E-state index contributed by atoms with van der Waals surface area (Å²) in [6.45, 7) is 4.76. The number of aryl methyl sites for hydroxylation is 2. The van der Waals surface area contributed by atoms with Crippen LogP contribution in [0.1, 0.15) is 28.3 Å². The van der Waals surface area contributed by atoms with Gasteiger partial charge < -0.3 is 14.6 Å². The molecule has 6 heteroatoms. The van der Waals surface area contributed by atoms with Gasteiger partial charge in [-0.2, -0.15) is 0 Å². The summed E-state index contributed by atoms with van der Waals surface area (Å²) in [5.41, 5.74) is 3.80. The minimum atomic E-state index is -0.763. The highest BCUT2D eigenvalue weighted by Gasteiger charge is 2.47. The van der Waals surface area contributed by atoms with Crippen LogP contribution in [0.25, 0.3) is 5.76 Å². The van der Waals surface area contributed by atoms with Crippen molar-refractivity contribution in [3.8, 4) is 11.5 Å². The van der Waals surface area contributed by atoms with Gasteiger partial charge in [0.1, 0.15) is 19.0 Å². The van der Waals surface area contributed by atoms with E-state index in [1.165, 1.54) is 4.90 Å². The van der Waals surface area contributed by atoms with Gasteiger partial charge in [0.25, 0.3) is 11.7 Å². The van der Waals surface area contributed by atoms with E-state index in [9.17, 15) is 14.7 Å². The van der Waals surface area contributed by atoms with Crippen molar-refractivity contribution < 1.29 is 24.2 Å². The number of carbonyl (C=O) groups excluding carboxylic acids is 2. The van der Waals surface area contributed by atoms with Gasteiger partial charge in [-0.15, -0.1) is 0 Å². The largest absolute Gasteiger partial charge is 0.507 e. The molecule has 1 amide bonds. The topological polar surface area (TPSA) is 76.1 Å². The number of carbonyl (C=O) groups is 2. The Bertz CT molecular complexity index is 1290. The minimum absolute atomic E-state index is 0.0443. The maximum atomic E-state index is 13.3. The molecule has 0 radical (unpaired) electrons. The Balaban J connectivity index is 1.70. The lowest BCUT2D eigenvalue weighted by Gasteiger charge is -2.26. The van der Waals surface area contributed by atoms with Gasteiger partial charge >= 0.3 is 0 Å². The molecule has 0 spiro atoms. The molecule has 1 saturated heterocycles. The summed E-state index contributed by atoms with van der Waals surface area (Å²) in [5, 5.41) is 11.3. The Morgan fingerprint density at radius 2 is 1.61 bits per heavy atom. The molecule has 0 aliphatic carbocycles. The van der Waals surface area contributed by atoms with Crippen LogP contribution >= 0.6 is 0 Å². The summed E-state index contributed by atoms with van der Waals surface area (Å²) < 4.78 is 11.2. The molecule has 3 aromatic rings. The molecule has 2 aliphatic heterocycles. The number of Topliss-reactive ketones (excluding diaryl/α,β-unsaturated/α-hetero) is 1. The van der Waals surface area contributed by atoms with Crippen molar-refractivity contribution in [3.63, 3.8) is 0 Å². The molecule has 5 rings (SSSR count). The number of ether oxygens (including phenoxy) is 2. The zero-order valence-corrected chi connectivity index (χ0v) is 18.4. The monoisotopic (exact) mass is 441 g/mol. The zero-order valence-electron chi connectivity index (χ0n) is 18.4. The Morgan fingerprint density at radius 1 is 0.879 bits per heavy atom. The molecule has 1 atom stereocenters. The van der Waals surface area contributed by atoms with Gasteiger partial charge in [0.2, 0.25) is 0 Å². The second-order valence-corrected chi connectivity index (χ2v) is 8.28. The van der Waals surface area contributed by atoms with Gasteiger partial charge in [-0.25, -0.2) is 0 Å². The maximum absolute atomic E-state index is 13.3. The van der Waals surface area contributed by atoms with E-state index in [2.05, 4.69) is 0 Å². The Labute approximate surface area is 191 Å². The van der Waals surface area contributed by atoms with Crippen molar-refractivity contribution in [3.05, 3.63) is 94.6 Å². The summed E-state index contributed by atoms with van der Waals surface area (Å²) in [4.78, 5) is 27.9. The smallest absolute Gasteiger partial charge is 0.300 e. The Morgan fingerprint density at radius 3 is 2.33 bits per heavy atom. The summed E-state index contributed by atoms with van der Waals surface area (Å²) in [6, 6.07) is 19.3. The van der Waals surface area contributed by atoms with Gasteiger partial charge in [-0.05, 0) is 49.7 Å². The summed E-state index contributed by atoms with van der Waals surface area (Å²) in [5.74, 6) is -0.580. The fourth-order valence-corrected chi connectivity index (χ4v) is 4.31. The predicted octanol–water partition coefficient (Wildman–Crippen LogP) is 4.70. The molecule has 0 bridgehead atoms. The first-order valence-electron chi connectivity index (χ1n) is 10.8. The first-order chi connectivity index (χ1) is 15.9. The van der Waals surface area contributed by atoms with Gasteiger partial charge in [0.15, 0.2) is 11.5 Å². The highest BCUT2D eigenvalue weighted by atomic mass is 16.6. The molecular weight excluding hydrogens is 418 g/mol. The Kier molecular flexibility index (Phi) is 5.13. The van der Waals surface area contributed by atoms with E-state index in [0.29, 0.717) is 36.0 Å². The normalized spacial score (nSPS) is 19.1. The quantitative estimate of drug-likeness (QED) is 0.362. The van der Waals surface area contributed by atoms with Gasteiger partial charge in [0, 0.05) is 11.3 Å². The number of anilines is 1. The number of rotatable bonds is 3. The molecule has 33 heavy (non-hydrogen) atoms. The van der Waals surface area contributed by atoms with Crippen LogP contribution in [0.3, 0.4) is 0 Å². The van der Waals surface area contributed by atoms with Crippen LogP contribution in [0.2, 0.25) is 0 Å². The summed E-state index contributed by atoms with van der Waals surface area (Å²) in [7, 11) is 0. The number of fused-ring (bicyclic) bond motifs is 1. The first kappa shape index (κ1) is 20.8. The van der Waals surface area contributed by atoms with E-state index in [1.807, 2.05) is 62.4 Å². The average molecular weight is 441 g/mol. The zero-order chi connectivity index (χ0) is 23.1. The molecule has 1 fully saturated rings. The summed E-state index contributed by atoms with van der Waals surface area (Å²) >= 11 is 0. The highest BCUT2D eigenvalue weighted by Crippen LogP contribution is 2.43. The molecule has 1 unspecified atom stereocenters. The molecule has 2 heterocycles. The fraction of sp³-hybridized carbons (Fsp3) is 0.185. The van der Waals surface area contributed by atoms with Crippen molar-refractivity contribution in [2.24, 2.45) is 0 Å². The van der Waals surface area contributed by atoms with Crippen LogP contribution in [-0.4, -0.2) is 30.0 Å². The third-order valence-electron chi connectivity index (χ3n) is 5.93. The van der Waals surface area contributed by atoms with Gasteiger partial charge in [-0.3, -0.25) is 14.5 Å². The van der Waals surface area contributed by atoms with Crippen molar-refractivity contribution in [2.75, 3.05) is 18.1 Å². The standard InChI is InChI=1S/C27H23NO5/c1-16-6-9-20(10-7-16)28-24(18-5-3-4-17(2)14-18)23(26(30)27(28)31)25(29)19-8-11-21-22(15-19)33-13-12-32-21/h3-11,14-15,24,29H,12-13H2,1-2H3/b25-23-. The second-order valence-electron chi connectivity index (χ2n) is 8.28. The molecule has 1 N–H and O–H groups in total. The van der Waals surface area contributed by atoms with Crippen LogP contribution in [0.15, 0.2) is 72.3 Å². The second kappa shape index (κ2) is 8.13. The molecular formula is C27H23NO5. The van der Waals surface area contributed by atoms with Gasteiger partial charge in [0.05, 0.1) is 11.6 Å². The molecule has 0 aromatic heterocycles. The van der Waals surface area contributed by atoms with Crippen molar-refractivity contribution in [2.45, 2.75) is 19.9 Å². The maximum Gasteiger partial charge on any atom is 0.300 e. The van der Waals surface area contributed by atoms with Crippen molar-refractivity contribution in [1.82, 2.24) is 0 Å². The van der Waals surface area contributed by atoms with Crippen molar-refractivity contribution >= 4 is 23.1 Å². The first-order valence-corrected chi connectivity index (χ1v) is 10.8. The predicted molar refractivity (Wildman–Crippen MR) is 125 cm³/mol. The van der Waals surface area contributed by atoms with Crippen LogP contribution in [-0.2, 0) is 9.59 Å². The molecule has 0 saturated carbocycles. The lowest BCUT2D eigenvalue weighted by molar-refractivity contribution is -0.132. The lowest BCUT2D eigenvalue weighted by Crippen LogP contribution is -2.29. The number of hydrogen-bond donors (Lipinski definition) is 1. The SMILES string of the molecule is Cc1ccc(N2C(=O)C(=O)/C(=C(\O)c3ccc4c(c3)OCCO4)C2c2cccc(C)c2)cc1. The van der Waals surface area contributed by atoms with Crippen LogP contribution in [0.4, 0.5) is 5.69 Å². The van der Waals surface area contributed by atoms with Crippen LogP contribution in [0.5, 0.6) is 11.5 Å². The number of aliphatic hydroxyl groups excluding tert-OH is 1. The number of amides is 1. The van der Waals surface area contributed by atoms with E-state index in [1.54, 1.807) is 18.2 Å². The van der Waals surface area contributed by atoms with E-state index in [4.69, 9.17) is 9.47 Å². The van der Waals surface area contributed by atoms with E-state index in [0.717, 1.165) is 16.7 Å². The number of nitrogens with zero attached hydrogens (tertiary/aromatic N) is 1. The number of benzene rings is 3. The van der Waals surface area contributed by atoms with Crippen molar-refractivity contribution in [1.29, 1.82) is 0 Å². The molecule has 2 aliphatic rings. The van der Waals surface area contributed by atoms with Crippen LogP contribution in [0, 0.1) is 13.8 Å².